The van der Waals surface area contributed by atoms with Crippen LogP contribution in [0.4, 0.5) is 22.0 Å². The number of fused-ring (bicyclic) bond motifs is 1. The van der Waals surface area contributed by atoms with Gasteiger partial charge in [-0.1, -0.05) is 17.7 Å². The fourth-order valence-corrected chi connectivity index (χ4v) is 4.21. The number of hydrogen-bond donors (Lipinski definition) is 3. The highest BCUT2D eigenvalue weighted by atomic mass is 35.5. The molecule has 0 saturated heterocycles. The largest absolute Gasteiger partial charge is 0.495 e. The molecule has 0 aliphatic carbocycles. The van der Waals surface area contributed by atoms with Crippen molar-refractivity contribution in [3.63, 3.8) is 0 Å². The fraction of sp³-hybridized carbons (Fsp3) is 0.0952. The Morgan fingerprint density at radius 3 is 2.65 bits per heavy atom. The van der Waals surface area contributed by atoms with Gasteiger partial charge in [0.1, 0.15) is 28.5 Å². The number of hydrogen-bond acceptors (Lipinski definition) is 7. The lowest BCUT2D eigenvalue weighted by molar-refractivity contribution is 0.262. The van der Waals surface area contributed by atoms with Gasteiger partial charge in [-0.15, -0.1) is 11.3 Å². The van der Waals surface area contributed by atoms with Gasteiger partial charge in [0.2, 0.25) is 0 Å². The highest BCUT2D eigenvalue weighted by Crippen LogP contribution is 2.38. The second-order valence-corrected chi connectivity index (χ2v) is 7.70. The number of amides is 2. The van der Waals surface area contributed by atoms with Crippen LogP contribution in [0.1, 0.15) is 0 Å². The number of ether oxygens (including phenoxy) is 2. The maximum Gasteiger partial charge on any atom is 0.323 e. The number of rotatable bonds is 5. The van der Waals surface area contributed by atoms with E-state index in [1.54, 1.807) is 24.3 Å². The van der Waals surface area contributed by atoms with E-state index in [1.165, 1.54) is 31.9 Å². The molecule has 0 radical (unpaired) electrons. The van der Waals surface area contributed by atoms with E-state index in [-0.39, 0.29) is 0 Å². The Morgan fingerprint density at radius 2 is 1.87 bits per heavy atom. The Hall–Kier alpha value is -3.56. The Kier molecular flexibility index (Phi) is 5.79. The Labute approximate surface area is 187 Å². The number of nitrogens with zero attached hydrogens (tertiary/aromatic N) is 2. The number of thiophene rings is 1. The van der Waals surface area contributed by atoms with Crippen LogP contribution in [0.2, 0.25) is 5.02 Å². The minimum absolute atomic E-state index is 0.417. The van der Waals surface area contributed by atoms with Crippen LogP contribution in [0, 0.1) is 0 Å². The second-order valence-electron chi connectivity index (χ2n) is 6.43. The SMILES string of the molecule is COc1cc(NC(=O)Nc2ccc(-c3csc4ncnc(N)c34)cc2OC)ccc1Cl. The summed E-state index contributed by atoms with van der Waals surface area (Å²) in [6.45, 7) is 0. The maximum atomic E-state index is 12.5. The number of nitrogens with one attached hydrogen (secondary N) is 2. The van der Waals surface area contributed by atoms with Gasteiger partial charge in [0.15, 0.2) is 0 Å². The molecule has 0 unspecified atom stereocenters. The first-order valence-corrected chi connectivity index (χ1v) is 10.3. The number of nitrogen functional groups attached to an aromatic ring is 1. The normalized spacial score (nSPS) is 10.7. The number of urea groups is 1. The van der Waals surface area contributed by atoms with Gasteiger partial charge in [0, 0.05) is 22.7 Å². The molecule has 0 aliphatic rings. The Bertz CT molecular complexity index is 1280. The predicted octanol–water partition coefficient (Wildman–Crippen LogP) is 5.26. The molecule has 4 rings (SSSR count). The zero-order chi connectivity index (χ0) is 22.0. The molecule has 2 aromatic carbocycles. The van der Waals surface area contributed by atoms with E-state index in [9.17, 15) is 4.79 Å². The molecule has 4 N–H and O–H groups in total. The van der Waals surface area contributed by atoms with Gasteiger partial charge in [-0.2, -0.15) is 0 Å². The third-order valence-electron chi connectivity index (χ3n) is 4.57. The number of anilines is 3. The molecule has 2 heterocycles. The van der Waals surface area contributed by atoms with Crippen molar-refractivity contribution >= 4 is 56.4 Å². The van der Waals surface area contributed by atoms with Crippen LogP contribution in [0.15, 0.2) is 48.1 Å². The number of halogens is 1. The molecule has 2 aromatic heterocycles. The predicted molar refractivity (Wildman–Crippen MR) is 124 cm³/mol. The van der Waals surface area contributed by atoms with Crippen molar-refractivity contribution in [3.8, 4) is 22.6 Å². The van der Waals surface area contributed by atoms with Crippen LogP contribution in [0.3, 0.4) is 0 Å². The van der Waals surface area contributed by atoms with E-state index >= 15 is 0 Å². The molecule has 2 amide bonds. The molecular formula is C21H18ClN5O3S. The third kappa shape index (κ3) is 4.18. The summed E-state index contributed by atoms with van der Waals surface area (Å²) in [6.07, 6.45) is 1.44. The van der Waals surface area contributed by atoms with Crippen LogP contribution in [0.5, 0.6) is 11.5 Å². The second kappa shape index (κ2) is 8.66. The molecule has 0 aliphatic heterocycles. The van der Waals surface area contributed by atoms with E-state index in [0.29, 0.717) is 33.7 Å². The first-order chi connectivity index (χ1) is 15.0. The average Bonchev–Trinajstić information content (AvgIpc) is 3.21. The molecule has 0 spiro atoms. The maximum absolute atomic E-state index is 12.5. The van der Waals surface area contributed by atoms with Crippen LogP contribution >= 0.6 is 22.9 Å². The molecular weight excluding hydrogens is 438 g/mol. The van der Waals surface area contributed by atoms with Gasteiger partial charge in [0.05, 0.1) is 30.3 Å². The van der Waals surface area contributed by atoms with E-state index in [2.05, 4.69) is 20.6 Å². The zero-order valence-electron chi connectivity index (χ0n) is 16.6. The van der Waals surface area contributed by atoms with E-state index in [4.69, 9.17) is 26.8 Å². The molecule has 0 bridgehead atoms. The Morgan fingerprint density at radius 1 is 1.06 bits per heavy atom. The topological polar surface area (TPSA) is 111 Å². The van der Waals surface area contributed by atoms with E-state index in [1.807, 2.05) is 17.5 Å². The number of aromatic nitrogens is 2. The smallest absolute Gasteiger partial charge is 0.323 e. The summed E-state index contributed by atoms with van der Waals surface area (Å²) in [7, 11) is 3.05. The number of methoxy groups -OCH3 is 2. The van der Waals surface area contributed by atoms with Gasteiger partial charge in [0.25, 0.3) is 0 Å². The van der Waals surface area contributed by atoms with Crippen molar-refractivity contribution < 1.29 is 14.3 Å². The molecule has 158 valence electrons. The van der Waals surface area contributed by atoms with Gasteiger partial charge < -0.3 is 25.8 Å². The number of nitrogens with two attached hydrogens (primary N) is 1. The fourth-order valence-electron chi connectivity index (χ4n) is 3.09. The average molecular weight is 456 g/mol. The lowest BCUT2D eigenvalue weighted by atomic mass is 10.0. The highest BCUT2D eigenvalue weighted by molar-refractivity contribution is 7.17. The van der Waals surface area contributed by atoms with Crippen molar-refractivity contribution in [2.75, 3.05) is 30.6 Å². The summed E-state index contributed by atoms with van der Waals surface area (Å²) < 4.78 is 10.7. The Balaban J connectivity index is 1.58. The number of carbonyl (C=O) groups is 1. The summed E-state index contributed by atoms with van der Waals surface area (Å²) >= 11 is 7.51. The van der Waals surface area contributed by atoms with E-state index < -0.39 is 6.03 Å². The van der Waals surface area contributed by atoms with Gasteiger partial charge in [-0.25, -0.2) is 14.8 Å². The monoisotopic (exact) mass is 455 g/mol. The molecule has 8 nitrogen and oxygen atoms in total. The van der Waals surface area contributed by atoms with Crippen molar-refractivity contribution in [1.29, 1.82) is 0 Å². The highest BCUT2D eigenvalue weighted by Gasteiger charge is 2.15. The third-order valence-corrected chi connectivity index (χ3v) is 5.77. The molecule has 10 heteroatoms. The summed E-state index contributed by atoms with van der Waals surface area (Å²) in [5.74, 6) is 1.38. The zero-order valence-corrected chi connectivity index (χ0v) is 18.2. The lowest BCUT2D eigenvalue weighted by Gasteiger charge is -2.13. The van der Waals surface area contributed by atoms with Gasteiger partial charge >= 0.3 is 6.03 Å². The summed E-state index contributed by atoms with van der Waals surface area (Å²) in [5, 5.41) is 8.75. The molecule has 0 saturated carbocycles. The van der Waals surface area contributed by atoms with Crippen LogP contribution in [-0.2, 0) is 0 Å². The molecule has 0 atom stereocenters. The minimum Gasteiger partial charge on any atom is -0.495 e. The standard InChI is InChI=1S/C21H18ClN5O3S/c1-29-16-8-12(4-5-14(16)22)26-21(28)27-15-6-3-11(7-17(15)30-2)13-9-31-20-18(13)19(23)24-10-25-20/h3-10H,1-2H3,(H2,23,24,25)(H2,26,27,28). The van der Waals surface area contributed by atoms with Crippen LogP contribution < -0.4 is 25.8 Å². The number of carbonyl (C=O) groups excluding carboxylic acids is 1. The quantitative estimate of drug-likeness (QED) is 0.378. The van der Waals surface area contributed by atoms with Crippen LogP contribution in [0.25, 0.3) is 21.3 Å². The summed E-state index contributed by atoms with van der Waals surface area (Å²) in [6, 6.07) is 9.99. The lowest BCUT2D eigenvalue weighted by Crippen LogP contribution is -2.19. The van der Waals surface area contributed by atoms with Crippen molar-refractivity contribution in [2.45, 2.75) is 0 Å². The molecule has 31 heavy (non-hydrogen) atoms. The molecule has 0 fully saturated rings. The summed E-state index contributed by atoms with van der Waals surface area (Å²) in [5.41, 5.74) is 8.87. The van der Waals surface area contributed by atoms with Crippen molar-refractivity contribution in [1.82, 2.24) is 9.97 Å². The van der Waals surface area contributed by atoms with Gasteiger partial charge in [-0.05, 0) is 29.8 Å². The molecule has 4 aromatic rings. The minimum atomic E-state index is -0.436. The van der Waals surface area contributed by atoms with Gasteiger partial charge in [-0.3, -0.25) is 0 Å². The number of benzene rings is 2. The first kappa shape index (κ1) is 20.7. The first-order valence-electron chi connectivity index (χ1n) is 9.07. The van der Waals surface area contributed by atoms with Crippen molar-refractivity contribution in [2.24, 2.45) is 0 Å². The van der Waals surface area contributed by atoms with Crippen molar-refractivity contribution in [3.05, 3.63) is 53.1 Å². The van der Waals surface area contributed by atoms with E-state index in [0.717, 1.165) is 21.3 Å². The van der Waals surface area contributed by atoms with Crippen LogP contribution in [-0.4, -0.2) is 30.2 Å². The summed E-state index contributed by atoms with van der Waals surface area (Å²) in [4.78, 5) is 21.6.